The zero-order chi connectivity index (χ0) is 19.7. The average Bonchev–Trinajstić information content (AvgIpc) is 3.17. The summed E-state index contributed by atoms with van der Waals surface area (Å²) in [7, 11) is -3.47. The maximum absolute atomic E-state index is 12.8. The number of nitrogens with one attached hydrogen (secondary N) is 1. The highest BCUT2D eigenvalue weighted by Gasteiger charge is 2.35. The summed E-state index contributed by atoms with van der Waals surface area (Å²) in [4.78, 5) is 12.8. The highest BCUT2D eigenvalue weighted by molar-refractivity contribution is 7.91. The second-order valence-corrected chi connectivity index (χ2v) is 12.2. The molecule has 1 atom stereocenters. The van der Waals surface area contributed by atoms with Crippen molar-refractivity contribution in [1.82, 2.24) is 9.62 Å². The van der Waals surface area contributed by atoms with Crippen LogP contribution >= 0.6 is 11.3 Å². The van der Waals surface area contributed by atoms with Crippen molar-refractivity contribution in [3.8, 4) is 0 Å². The lowest BCUT2D eigenvalue weighted by atomic mass is 9.71. The van der Waals surface area contributed by atoms with E-state index in [1.54, 1.807) is 17.5 Å². The Morgan fingerprint density at radius 1 is 1.19 bits per heavy atom. The molecule has 2 aliphatic rings. The van der Waals surface area contributed by atoms with Crippen LogP contribution in [-0.4, -0.2) is 37.8 Å². The Balaban J connectivity index is 1.55. The Hall–Kier alpha value is -0.920. The standard InChI is InChI=1S/C20H32N2O3S2/c1-20(2,3)16-8-10-17(11-9-16)21-19(23)15-6-4-12-22(14-15)27(24,25)18-7-5-13-26-18/h5,7,13,15-17H,4,6,8-12,14H2,1-3H3,(H,21,23). The van der Waals surface area contributed by atoms with Crippen molar-refractivity contribution in [3.05, 3.63) is 17.5 Å². The Morgan fingerprint density at radius 2 is 1.89 bits per heavy atom. The second-order valence-electron chi connectivity index (χ2n) is 9.06. The van der Waals surface area contributed by atoms with Gasteiger partial charge in [-0.25, -0.2) is 8.42 Å². The van der Waals surface area contributed by atoms with Crippen LogP contribution in [0.5, 0.6) is 0 Å². The summed E-state index contributed by atoms with van der Waals surface area (Å²) in [6.07, 6.45) is 5.85. The summed E-state index contributed by atoms with van der Waals surface area (Å²) in [5.41, 5.74) is 0.328. The third-order valence-corrected chi connectivity index (χ3v) is 9.38. The number of piperidine rings is 1. The maximum Gasteiger partial charge on any atom is 0.252 e. The lowest BCUT2D eigenvalue weighted by Crippen LogP contribution is -2.48. The molecule has 27 heavy (non-hydrogen) atoms. The van der Waals surface area contributed by atoms with E-state index in [4.69, 9.17) is 0 Å². The Morgan fingerprint density at radius 3 is 2.48 bits per heavy atom. The van der Waals surface area contributed by atoms with E-state index >= 15 is 0 Å². The maximum atomic E-state index is 12.8. The van der Waals surface area contributed by atoms with Gasteiger partial charge < -0.3 is 5.32 Å². The Kier molecular flexibility index (Phi) is 6.33. The van der Waals surface area contributed by atoms with Crippen LogP contribution < -0.4 is 5.32 Å². The predicted molar refractivity (Wildman–Crippen MR) is 109 cm³/mol. The zero-order valence-corrected chi connectivity index (χ0v) is 18.2. The molecule has 7 heteroatoms. The van der Waals surface area contributed by atoms with Crippen LogP contribution in [0.1, 0.15) is 59.3 Å². The number of amides is 1. The fourth-order valence-electron chi connectivity index (χ4n) is 4.34. The van der Waals surface area contributed by atoms with Crippen LogP contribution in [-0.2, 0) is 14.8 Å². The summed E-state index contributed by atoms with van der Waals surface area (Å²) in [6.45, 7) is 7.67. The van der Waals surface area contributed by atoms with E-state index in [9.17, 15) is 13.2 Å². The van der Waals surface area contributed by atoms with Crippen molar-refractivity contribution in [2.24, 2.45) is 17.3 Å². The third-order valence-electron chi connectivity index (χ3n) is 6.14. The number of nitrogens with zero attached hydrogens (tertiary/aromatic N) is 1. The van der Waals surface area contributed by atoms with E-state index in [0.29, 0.717) is 28.6 Å². The first-order valence-corrected chi connectivity index (χ1v) is 12.3. The molecule has 3 rings (SSSR count). The molecular weight excluding hydrogens is 380 g/mol. The van der Waals surface area contributed by atoms with E-state index in [1.807, 2.05) is 0 Å². The predicted octanol–water partition coefficient (Wildman–Crippen LogP) is 3.87. The Bertz CT molecular complexity index is 730. The highest BCUT2D eigenvalue weighted by atomic mass is 32.2. The van der Waals surface area contributed by atoms with Gasteiger partial charge >= 0.3 is 0 Å². The summed E-state index contributed by atoms with van der Waals surface area (Å²) in [6, 6.07) is 3.62. The summed E-state index contributed by atoms with van der Waals surface area (Å²) < 4.78 is 27.3. The summed E-state index contributed by atoms with van der Waals surface area (Å²) in [5.74, 6) is 0.501. The molecule has 1 aromatic rings. The number of sulfonamides is 1. The van der Waals surface area contributed by atoms with Gasteiger partial charge in [-0.15, -0.1) is 11.3 Å². The van der Waals surface area contributed by atoms with Crippen molar-refractivity contribution < 1.29 is 13.2 Å². The SMILES string of the molecule is CC(C)(C)C1CCC(NC(=O)C2CCCN(S(=O)(=O)c3cccs3)C2)CC1. The minimum Gasteiger partial charge on any atom is -0.353 e. The molecule has 0 radical (unpaired) electrons. The van der Waals surface area contributed by atoms with Crippen molar-refractivity contribution in [2.45, 2.75) is 69.5 Å². The van der Waals surface area contributed by atoms with Crippen LogP contribution in [0.25, 0.3) is 0 Å². The summed E-state index contributed by atoms with van der Waals surface area (Å²) in [5, 5.41) is 4.98. The average molecular weight is 413 g/mol. The monoisotopic (exact) mass is 412 g/mol. The van der Waals surface area contributed by atoms with Gasteiger partial charge in [-0.3, -0.25) is 4.79 Å². The number of carbonyl (C=O) groups is 1. The van der Waals surface area contributed by atoms with Gasteiger partial charge in [0.15, 0.2) is 0 Å². The van der Waals surface area contributed by atoms with E-state index < -0.39 is 10.0 Å². The molecule has 1 N–H and O–H groups in total. The van der Waals surface area contributed by atoms with Crippen molar-refractivity contribution in [3.63, 3.8) is 0 Å². The van der Waals surface area contributed by atoms with Crippen LogP contribution in [0.3, 0.4) is 0 Å². The minimum atomic E-state index is -3.47. The fraction of sp³-hybridized carbons (Fsp3) is 0.750. The van der Waals surface area contributed by atoms with Gasteiger partial charge in [0, 0.05) is 19.1 Å². The van der Waals surface area contributed by atoms with Gasteiger partial charge in [0.2, 0.25) is 5.91 Å². The van der Waals surface area contributed by atoms with Crippen molar-refractivity contribution >= 4 is 27.3 Å². The van der Waals surface area contributed by atoms with E-state index in [-0.39, 0.29) is 17.9 Å². The lowest BCUT2D eigenvalue weighted by molar-refractivity contribution is -0.127. The molecule has 1 aliphatic heterocycles. The zero-order valence-electron chi connectivity index (χ0n) is 16.6. The van der Waals surface area contributed by atoms with Gasteiger partial charge in [0.1, 0.15) is 4.21 Å². The number of rotatable bonds is 4. The van der Waals surface area contributed by atoms with Gasteiger partial charge in [-0.1, -0.05) is 26.8 Å². The molecule has 1 saturated carbocycles. The van der Waals surface area contributed by atoms with Gasteiger partial charge in [0.05, 0.1) is 5.92 Å². The highest BCUT2D eigenvalue weighted by Crippen LogP contribution is 2.38. The number of carbonyl (C=O) groups excluding carboxylic acids is 1. The largest absolute Gasteiger partial charge is 0.353 e. The molecule has 1 aliphatic carbocycles. The third kappa shape index (κ3) is 4.93. The van der Waals surface area contributed by atoms with Crippen LogP contribution in [0.4, 0.5) is 0 Å². The van der Waals surface area contributed by atoms with Crippen molar-refractivity contribution in [1.29, 1.82) is 0 Å². The minimum absolute atomic E-state index is 0.0280. The first kappa shape index (κ1) is 20.8. The first-order valence-electron chi connectivity index (χ1n) is 10.0. The van der Waals surface area contributed by atoms with E-state index in [2.05, 4.69) is 26.1 Å². The van der Waals surface area contributed by atoms with E-state index in [0.717, 1.165) is 38.5 Å². The molecule has 0 bridgehead atoms. The van der Waals surface area contributed by atoms with Crippen molar-refractivity contribution in [2.75, 3.05) is 13.1 Å². The van der Waals surface area contributed by atoms with Crippen LogP contribution in [0.2, 0.25) is 0 Å². The molecule has 1 unspecified atom stereocenters. The van der Waals surface area contributed by atoms with E-state index in [1.165, 1.54) is 15.6 Å². The van der Waals surface area contributed by atoms with Crippen LogP contribution in [0, 0.1) is 17.3 Å². The summed E-state index contributed by atoms with van der Waals surface area (Å²) >= 11 is 1.23. The molecule has 0 aromatic carbocycles. The molecule has 152 valence electrons. The van der Waals surface area contributed by atoms with Gasteiger partial charge in [0.25, 0.3) is 10.0 Å². The quantitative estimate of drug-likeness (QED) is 0.816. The molecule has 1 saturated heterocycles. The molecule has 1 amide bonds. The normalized spacial score (nSPS) is 28.0. The van der Waals surface area contributed by atoms with Crippen LogP contribution in [0.15, 0.2) is 21.7 Å². The molecule has 5 nitrogen and oxygen atoms in total. The topological polar surface area (TPSA) is 66.5 Å². The second kappa shape index (κ2) is 8.21. The molecule has 0 spiro atoms. The molecular formula is C20H32N2O3S2. The van der Waals surface area contributed by atoms with Gasteiger partial charge in [-0.05, 0) is 61.3 Å². The smallest absolute Gasteiger partial charge is 0.252 e. The fourth-order valence-corrected chi connectivity index (χ4v) is 7.00. The van der Waals surface area contributed by atoms with Gasteiger partial charge in [-0.2, -0.15) is 4.31 Å². The number of thiophene rings is 1. The molecule has 1 aromatic heterocycles. The lowest BCUT2D eigenvalue weighted by Gasteiger charge is -2.38. The molecule has 2 fully saturated rings. The number of hydrogen-bond acceptors (Lipinski definition) is 4. The Labute approximate surface area is 167 Å². The molecule has 2 heterocycles. The number of hydrogen-bond donors (Lipinski definition) is 1. The first-order chi connectivity index (χ1) is 12.7.